The van der Waals surface area contributed by atoms with Crippen LogP contribution in [0.4, 0.5) is 0 Å². The molecular formula is C16H14O3. The number of hydrogen-bond acceptors (Lipinski definition) is 3. The summed E-state index contributed by atoms with van der Waals surface area (Å²) in [5, 5.41) is 0. The number of carbonyl (C=O) groups excluding carboxylic acids is 1. The molecule has 1 atom stereocenters. The Kier molecular flexibility index (Phi) is 2.95. The Hall–Kier alpha value is -2.29. The van der Waals surface area contributed by atoms with Crippen molar-refractivity contribution in [3.8, 4) is 11.5 Å². The summed E-state index contributed by atoms with van der Waals surface area (Å²) >= 11 is 0. The molecule has 0 amide bonds. The van der Waals surface area contributed by atoms with Crippen LogP contribution in [0.1, 0.15) is 15.9 Å². The van der Waals surface area contributed by atoms with Gasteiger partial charge in [0.1, 0.15) is 11.5 Å². The molecule has 0 N–H and O–H groups in total. The van der Waals surface area contributed by atoms with Crippen molar-refractivity contribution in [2.75, 3.05) is 7.11 Å². The smallest absolute Gasteiger partial charge is 0.207 e. The van der Waals surface area contributed by atoms with Crippen LogP contribution in [0.3, 0.4) is 0 Å². The van der Waals surface area contributed by atoms with Crippen molar-refractivity contribution in [2.24, 2.45) is 0 Å². The Morgan fingerprint density at radius 3 is 2.68 bits per heavy atom. The highest BCUT2D eigenvalue weighted by atomic mass is 16.5. The van der Waals surface area contributed by atoms with Gasteiger partial charge < -0.3 is 9.47 Å². The minimum Gasteiger partial charge on any atom is -0.496 e. The summed E-state index contributed by atoms with van der Waals surface area (Å²) in [5.41, 5.74) is 1.65. The van der Waals surface area contributed by atoms with Gasteiger partial charge in [-0.2, -0.15) is 0 Å². The lowest BCUT2D eigenvalue weighted by Gasteiger charge is -2.12. The van der Waals surface area contributed by atoms with Crippen molar-refractivity contribution in [1.82, 2.24) is 0 Å². The van der Waals surface area contributed by atoms with Crippen LogP contribution in [-0.2, 0) is 6.42 Å². The number of Topliss-reactive ketones (excluding diaryl/α,β-unsaturated/α-hetero) is 1. The lowest BCUT2D eigenvalue weighted by molar-refractivity contribution is 0.0821. The number of ketones is 1. The molecule has 0 aliphatic carbocycles. The van der Waals surface area contributed by atoms with Crippen molar-refractivity contribution in [3.63, 3.8) is 0 Å². The number of hydrogen-bond donors (Lipinski definition) is 0. The van der Waals surface area contributed by atoms with E-state index in [4.69, 9.17) is 9.47 Å². The molecule has 3 heteroatoms. The van der Waals surface area contributed by atoms with Gasteiger partial charge in [0.05, 0.1) is 12.7 Å². The van der Waals surface area contributed by atoms with E-state index in [0.29, 0.717) is 17.7 Å². The van der Waals surface area contributed by atoms with Crippen molar-refractivity contribution >= 4 is 5.78 Å². The summed E-state index contributed by atoms with van der Waals surface area (Å²) in [7, 11) is 1.57. The van der Waals surface area contributed by atoms with Gasteiger partial charge in [-0.3, -0.25) is 4.79 Å². The number of rotatable bonds is 3. The Morgan fingerprint density at radius 2 is 1.89 bits per heavy atom. The van der Waals surface area contributed by atoms with Gasteiger partial charge in [-0.25, -0.2) is 0 Å². The maximum absolute atomic E-state index is 12.5. The second-order valence-corrected chi connectivity index (χ2v) is 4.48. The average Bonchev–Trinajstić information content (AvgIpc) is 2.90. The fraction of sp³-hybridized carbons (Fsp3) is 0.188. The van der Waals surface area contributed by atoms with Gasteiger partial charge in [0.25, 0.3) is 0 Å². The maximum atomic E-state index is 12.5. The van der Waals surface area contributed by atoms with Crippen LogP contribution in [0.5, 0.6) is 11.5 Å². The van der Waals surface area contributed by atoms with E-state index in [1.54, 1.807) is 19.2 Å². The number of fused-ring (bicyclic) bond motifs is 1. The van der Waals surface area contributed by atoms with Crippen LogP contribution < -0.4 is 9.47 Å². The van der Waals surface area contributed by atoms with Gasteiger partial charge in [-0.15, -0.1) is 0 Å². The first-order valence-corrected chi connectivity index (χ1v) is 6.21. The molecule has 0 aromatic heterocycles. The van der Waals surface area contributed by atoms with Crippen LogP contribution >= 0.6 is 0 Å². The van der Waals surface area contributed by atoms with Gasteiger partial charge in [-0.1, -0.05) is 30.3 Å². The Balaban J connectivity index is 1.87. The molecule has 2 aromatic rings. The Bertz CT molecular complexity index is 594. The van der Waals surface area contributed by atoms with Gasteiger partial charge >= 0.3 is 0 Å². The second kappa shape index (κ2) is 4.76. The monoisotopic (exact) mass is 254 g/mol. The summed E-state index contributed by atoms with van der Waals surface area (Å²) in [6, 6.07) is 15.0. The summed E-state index contributed by atoms with van der Waals surface area (Å²) in [6.07, 6.45) is 0.168. The highest BCUT2D eigenvalue weighted by Gasteiger charge is 2.30. The number of carbonyl (C=O) groups is 1. The molecule has 0 fully saturated rings. The third-order valence-electron chi connectivity index (χ3n) is 3.31. The predicted octanol–water partition coefficient (Wildman–Crippen LogP) is 2.88. The zero-order valence-corrected chi connectivity index (χ0v) is 10.6. The quantitative estimate of drug-likeness (QED) is 0.790. The first-order chi connectivity index (χ1) is 9.29. The maximum Gasteiger partial charge on any atom is 0.207 e. The predicted molar refractivity (Wildman–Crippen MR) is 71.9 cm³/mol. The average molecular weight is 254 g/mol. The largest absolute Gasteiger partial charge is 0.496 e. The fourth-order valence-electron chi connectivity index (χ4n) is 2.35. The lowest BCUT2D eigenvalue weighted by atomic mass is 10.0. The molecule has 0 saturated heterocycles. The summed E-state index contributed by atoms with van der Waals surface area (Å²) in [6.45, 7) is 0. The van der Waals surface area contributed by atoms with E-state index in [1.165, 1.54) is 0 Å². The van der Waals surface area contributed by atoms with Crippen LogP contribution in [0.2, 0.25) is 0 Å². The van der Waals surface area contributed by atoms with Crippen molar-refractivity contribution < 1.29 is 14.3 Å². The summed E-state index contributed by atoms with van der Waals surface area (Å²) in [5.74, 6) is 1.36. The first-order valence-electron chi connectivity index (χ1n) is 6.21. The summed E-state index contributed by atoms with van der Waals surface area (Å²) in [4.78, 5) is 12.5. The van der Waals surface area contributed by atoms with Crippen LogP contribution in [0.15, 0.2) is 48.5 Å². The molecule has 3 rings (SSSR count). The molecule has 0 saturated carbocycles. The topological polar surface area (TPSA) is 35.5 Å². The highest BCUT2D eigenvalue weighted by molar-refractivity contribution is 6.02. The lowest BCUT2D eigenvalue weighted by Crippen LogP contribution is -2.25. The molecule has 0 spiro atoms. The SMILES string of the molecule is COc1ccccc1C(=O)C1Cc2ccccc2O1. The van der Waals surface area contributed by atoms with E-state index in [9.17, 15) is 4.79 Å². The third-order valence-corrected chi connectivity index (χ3v) is 3.31. The van der Waals surface area contributed by atoms with Crippen molar-refractivity contribution in [2.45, 2.75) is 12.5 Å². The van der Waals surface area contributed by atoms with E-state index in [1.807, 2.05) is 36.4 Å². The van der Waals surface area contributed by atoms with Crippen LogP contribution in [0, 0.1) is 0 Å². The van der Waals surface area contributed by atoms with Crippen LogP contribution in [0.25, 0.3) is 0 Å². The molecule has 1 unspecified atom stereocenters. The Labute approximate surface area is 111 Å². The molecule has 1 aliphatic heterocycles. The van der Waals surface area contributed by atoms with E-state index < -0.39 is 6.10 Å². The molecule has 0 radical (unpaired) electrons. The van der Waals surface area contributed by atoms with E-state index in [2.05, 4.69) is 0 Å². The number of benzene rings is 2. The minimum absolute atomic E-state index is 0.0337. The number of ether oxygens (including phenoxy) is 2. The first kappa shape index (κ1) is 11.8. The molecule has 2 aromatic carbocycles. The van der Waals surface area contributed by atoms with Crippen LogP contribution in [-0.4, -0.2) is 19.0 Å². The summed E-state index contributed by atoms with van der Waals surface area (Å²) < 4.78 is 10.9. The van der Waals surface area contributed by atoms with Crippen molar-refractivity contribution in [3.05, 3.63) is 59.7 Å². The van der Waals surface area contributed by atoms with Gasteiger partial charge in [-0.05, 0) is 23.8 Å². The molecule has 96 valence electrons. The fourth-order valence-corrected chi connectivity index (χ4v) is 2.35. The molecule has 19 heavy (non-hydrogen) atoms. The van der Waals surface area contributed by atoms with Crippen molar-refractivity contribution in [1.29, 1.82) is 0 Å². The number of para-hydroxylation sites is 2. The highest BCUT2D eigenvalue weighted by Crippen LogP contribution is 2.31. The zero-order valence-electron chi connectivity index (χ0n) is 10.6. The van der Waals surface area contributed by atoms with Gasteiger partial charge in [0.2, 0.25) is 5.78 Å². The van der Waals surface area contributed by atoms with Gasteiger partial charge in [0, 0.05) is 6.42 Å². The van der Waals surface area contributed by atoms with E-state index >= 15 is 0 Å². The second-order valence-electron chi connectivity index (χ2n) is 4.48. The Morgan fingerprint density at radius 1 is 1.16 bits per heavy atom. The zero-order chi connectivity index (χ0) is 13.2. The third kappa shape index (κ3) is 2.08. The molecule has 1 aliphatic rings. The normalized spacial score (nSPS) is 16.6. The minimum atomic E-state index is -0.450. The molecular weight excluding hydrogens is 240 g/mol. The van der Waals surface area contributed by atoms with Gasteiger partial charge in [0.15, 0.2) is 6.10 Å². The molecule has 1 heterocycles. The molecule has 3 nitrogen and oxygen atoms in total. The number of methoxy groups -OCH3 is 1. The molecule has 0 bridgehead atoms. The van der Waals surface area contributed by atoms with E-state index in [0.717, 1.165) is 11.3 Å². The standard InChI is InChI=1S/C16H14O3/c1-18-14-9-5-3-7-12(14)16(17)15-10-11-6-2-4-8-13(11)19-15/h2-9,15H,10H2,1H3. The van der Waals surface area contributed by atoms with E-state index in [-0.39, 0.29) is 5.78 Å².